The van der Waals surface area contributed by atoms with Gasteiger partial charge in [-0.25, -0.2) is 0 Å². The Morgan fingerprint density at radius 1 is 0.828 bits per heavy atom. The summed E-state index contributed by atoms with van der Waals surface area (Å²) < 4.78 is 5.28. The fourth-order valence-corrected chi connectivity index (χ4v) is 3.48. The maximum absolute atomic E-state index is 13.3. The van der Waals surface area contributed by atoms with Gasteiger partial charge in [-0.3, -0.25) is 9.69 Å². The van der Waals surface area contributed by atoms with Crippen molar-refractivity contribution in [1.82, 2.24) is 0 Å². The zero-order valence-electron chi connectivity index (χ0n) is 16.8. The van der Waals surface area contributed by atoms with Crippen molar-refractivity contribution in [2.45, 2.75) is 19.9 Å². The van der Waals surface area contributed by atoms with Crippen LogP contribution in [0.1, 0.15) is 22.7 Å². The molecule has 0 spiro atoms. The SMILES string of the molecule is COc1ccc([C@@H]2C=C(Nc3ccc(C)cc3)C(=O)N2c2ccc(C)cc2)cc1. The van der Waals surface area contributed by atoms with Crippen molar-refractivity contribution >= 4 is 17.3 Å². The summed E-state index contributed by atoms with van der Waals surface area (Å²) in [4.78, 5) is 15.2. The number of methoxy groups -OCH3 is 1. The number of anilines is 2. The van der Waals surface area contributed by atoms with E-state index in [0.717, 1.165) is 28.3 Å². The van der Waals surface area contributed by atoms with Gasteiger partial charge in [-0.05, 0) is 61.9 Å². The van der Waals surface area contributed by atoms with Gasteiger partial charge in [-0.15, -0.1) is 0 Å². The molecule has 1 N–H and O–H groups in total. The van der Waals surface area contributed by atoms with Crippen molar-refractivity contribution in [2.75, 3.05) is 17.3 Å². The highest BCUT2D eigenvalue weighted by Gasteiger charge is 2.34. The maximum Gasteiger partial charge on any atom is 0.275 e. The number of carbonyl (C=O) groups is 1. The number of hydrogen-bond acceptors (Lipinski definition) is 3. The van der Waals surface area contributed by atoms with E-state index in [0.29, 0.717) is 5.70 Å². The number of nitrogens with one attached hydrogen (secondary N) is 1. The molecule has 3 aromatic rings. The fourth-order valence-electron chi connectivity index (χ4n) is 3.48. The number of rotatable bonds is 5. The van der Waals surface area contributed by atoms with Crippen LogP contribution in [-0.4, -0.2) is 13.0 Å². The Balaban J connectivity index is 1.71. The molecule has 1 heterocycles. The third-order valence-electron chi connectivity index (χ3n) is 5.15. The summed E-state index contributed by atoms with van der Waals surface area (Å²) in [7, 11) is 1.65. The van der Waals surface area contributed by atoms with Crippen LogP contribution in [0.15, 0.2) is 84.6 Å². The first kappa shape index (κ1) is 18.8. The molecule has 1 aliphatic heterocycles. The van der Waals surface area contributed by atoms with Gasteiger partial charge in [0, 0.05) is 11.4 Å². The molecule has 29 heavy (non-hydrogen) atoms. The minimum atomic E-state index is -0.191. The first-order chi connectivity index (χ1) is 14.0. The molecule has 1 amide bonds. The van der Waals surface area contributed by atoms with Crippen molar-refractivity contribution in [3.05, 3.63) is 101 Å². The quantitative estimate of drug-likeness (QED) is 0.641. The Hall–Kier alpha value is -3.53. The Labute approximate surface area is 171 Å². The average molecular weight is 384 g/mol. The van der Waals surface area contributed by atoms with Gasteiger partial charge in [0.1, 0.15) is 11.4 Å². The Bertz CT molecular complexity index is 1040. The molecule has 4 rings (SSSR count). The van der Waals surface area contributed by atoms with Crippen LogP contribution in [0, 0.1) is 13.8 Å². The van der Waals surface area contributed by atoms with Crippen LogP contribution in [0.25, 0.3) is 0 Å². The summed E-state index contributed by atoms with van der Waals surface area (Å²) in [6.45, 7) is 4.09. The molecule has 0 fully saturated rings. The standard InChI is InChI=1S/C25H24N2O2/c1-17-4-10-20(11-5-17)26-23-16-24(19-8-14-22(29-3)15-9-19)27(25(23)28)21-12-6-18(2)7-13-21/h4-16,24,26H,1-3H3/t24-/m0/s1. The summed E-state index contributed by atoms with van der Waals surface area (Å²) in [6, 6.07) is 23.7. The van der Waals surface area contributed by atoms with Gasteiger partial charge in [0.05, 0.1) is 13.2 Å². The first-order valence-electron chi connectivity index (χ1n) is 9.65. The van der Waals surface area contributed by atoms with Crippen LogP contribution in [-0.2, 0) is 4.79 Å². The van der Waals surface area contributed by atoms with Crippen molar-refractivity contribution < 1.29 is 9.53 Å². The van der Waals surface area contributed by atoms with E-state index < -0.39 is 0 Å². The average Bonchev–Trinajstić information content (AvgIpc) is 3.06. The zero-order chi connectivity index (χ0) is 20.4. The van der Waals surface area contributed by atoms with Crippen LogP contribution in [0.2, 0.25) is 0 Å². The second-order valence-electron chi connectivity index (χ2n) is 7.30. The highest BCUT2D eigenvalue weighted by molar-refractivity contribution is 6.11. The van der Waals surface area contributed by atoms with Gasteiger partial charge in [0.25, 0.3) is 5.91 Å². The third-order valence-corrected chi connectivity index (χ3v) is 5.15. The summed E-state index contributed by atoms with van der Waals surface area (Å²) in [5, 5.41) is 3.30. The number of hydrogen-bond donors (Lipinski definition) is 1. The van der Waals surface area contributed by atoms with Crippen molar-refractivity contribution in [2.24, 2.45) is 0 Å². The molecule has 0 aliphatic carbocycles. The van der Waals surface area contributed by atoms with Gasteiger partial charge in [-0.1, -0.05) is 47.5 Å². The lowest BCUT2D eigenvalue weighted by Crippen LogP contribution is -2.30. The molecule has 0 radical (unpaired) electrons. The topological polar surface area (TPSA) is 41.6 Å². The lowest BCUT2D eigenvalue weighted by Gasteiger charge is -2.25. The fraction of sp³-hybridized carbons (Fsp3) is 0.160. The molecular formula is C25H24N2O2. The molecule has 146 valence electrons. The number of carbonyl (C=O) groups excluding carboxylic acids is 1. The van der Waals surface area contributed by atoms with Crippen LogP contribution in [0.4, 0.5) is 11.4 Å². The summed E-state index contributed by atoms with van der Waals surface area (Å²) in [5.74, 6) is 0.747. The van der Waals surface area contributed by atoms with E-state index in [-0.39, 0.29) is 11.9 Å². The lowest BCUT2D eigenvalue weighted by atomic mass is 10.1. The van der Waals surface area contributed by atoms with Gasteiger partial charge >= 0.3 is 0 Å². The number of nitrogens with zero attached hydrogens (tertiary/aromatic N) is 1. The molecule has 1 atom stereocenters. The molecule has 0 aromatic heterocycles. The minimum Gasteiger partial charge on any atom is -0.497 e. The van der Waals surface area contributed by atoms with E-state index in [1.165, 1.54) is 5.56 Å². The summed E-state index contributed by atoms with van der Waals surface area (Å²) in [6.07, 6.45) is 1.99. The Morgan fingerprint density at radius 3 is 2.00 bits per heavy atom. The number of aryl methyl sites for hydroxylation is 2. The Kier molecular flexibility index (Phi) is 5.09. The highest BCUT2D eigenvalue weighted by atomic mass is 16.5. The summed E-state index contributed by atoms with van der Waals surface area (Å²) in [5.41, 5.74) is 5.72. The van der Waals surface area contributed by atoms with Crippen LogP contribution >= 0.6 is 0 Å². The maximum atomic E-state index is 13.3. The van der Waals surface area contributed by atoms with Crippen LogP contribution in [0.5, 0.6) is 5.75 Å². The zero-order valence-corrected chi connectivity index (χ0v) is 16.8. The van der Waals surface area contributed by atoms with Gasteiger partial charge in [-0.2, -0.15) is 0 Å². The van der Waals surface area contributed by atoms with Crippen molar-refractivity contribution in [3.63, 3.8) is 0 Å². The van der Waals surface area contributed by atoms with Crippen LogP contribution < -0.4 is 15.0 Å². The molecule has 0 unspecified atom stereocenters. The lowest BCUT2D eigenvalue weighted by molar-refractivity contribution is -0.114. The molecule has 0 saturated heterocycles. The molecule has 0 saturated carbocycles. The second-order valence-corrected chi connectivity index (χ2v) is 7.30. The highest BCUT2D eigenvalue weighted by Crippen LogP contribution is 2.36. The molecule has 1 aliphatic rings. The van der Waals surface area contributed by atoms with Crippen LogP contribution in [0.3, 0.4) is 0 Å². The molecular weight excluding hydrogens is 360 g/mol. The van der Waals surface area contributed by atoms with E-state index >= 15 is 0 Å². The predicted molar refractivity (Wildman–Crippen MR) is 117 cm³/mol. The smallest absolute Gasteiger partial charge is 0.275 e. The minimum absolute atomic E-state index is 0.0461. The van der Waals surface area contributed by atoms with Crippen molar-refractivity contribution in [1.29, 1.82) is 0 Å². The third kappa shape index (κ3) is 3.87. The molecule has 4 nitrogen and oxygen atoms in total. The van der Waals surface area contributed by atoms with E-state index in [1.54, 1.807) is 7.11 Å². The Morgan fingerprint density at radius 2 is 1.41 bits per heavy atom. The number of ether oxygens (including phenoxy) is 1. The van der Waals surface area contributed by atoms with E-state index in [9.17, 15) is 4.79 Å². The predicted octanol–water partition coefficient (Wildman–Crippen LogP) is 5.40. The van der Waals surface area contributed by atoms with E-state index in [4.69, 9.17) is 4.74 Å². The second kappa shape index (κ2) is 7.84. The largest absolute Gasteiger partial charge is 0.497 e. The number of amides is 1. The molecule has 0 bridgehead atoms. The van der Waals surface area contributed by atoms with Crippen molar-refractivity contribution in [3.8, 4) is 5.75 Å². The monoisotopic (exact) mass is 384 g/mol. The first-order valence-corrected chi connectivity index (χ1v) is 9.65. The van der Waals surface area contributed by atoms with E-state index in [1.807, 2.05) is 97.6 Å². The molecule has 4 heteroatoms. The summed E-state index contributed by atoms with van der Waals surface area (Å²) >= 11 is 0. The van der Waals surface area contributed by atoms with Gasteiger partial charge in [0.15, 0.2) is 0 Å². The molecule has 3 aromatic carbocycles. The van der Waals surface area contributed by atoms with Gasteiger partial charge in [0.2, 0.25) is 0 Å². The number of benzene rings is 3. The normalized spacial score (nSPS) is 16.0. The van der Waals surface area contributed by atoms with E-state index in [2.05, 4.69) is 5.32 Å². The van der Waals surface area contributed by atoms with Gasteiger partial charge < -0.3 is 10.1 Å².